The molecule has 2 aromatic rings. The van der Waals surface area contributed by atoms with Crippen LogP contribution in [0.4, 0.5) is 20.3 Å². The monoisotopic (exact) mass is 524 g/mol. The number of carbonyl (C=O) groups excluding carboxylic acids is 1. The Hall–Kier alpha value is -1.84. The highest BCUT2D eigenvalue weighted by Crippen LogP contribution is 2.42. The van der Waals surface area contributed by atoms with Crippen molar-refractivity contribution in [3.8, 4) is 0 Å². The van der Waals surface area contributed by atoms with E-state index in [0.29, 0.717) is 10.5 Å². The van der Waals surface area contributed by atoms with Crippen molar-refractivity contribution < 1.29 is 18.3 Å². The maximum atomic E-state index is 13.6. The van der Waals surface area contributed by atoms with Crippen LogP contribution in [-0.4, -0.2) is 54.3 Å². The molecule has 0 amide bonds. The summed E-state index contributed by atoms with van der Waals surface area (Å²) in [7, 11) is 2.13. The van der Waals surface area contributed by atoms with Gasteiger partial charge in [-0.25, -0.2) is 8.78 Å². The average Bonchev–Trinajstić information content (AvgIpc) is 3.17. The highest BCUT2D eigenvalue weighted by atomic mass is 79.9. The molecule has 180 valence electrons. The van der Waals surface area contributed by atoms with Crippen molar-refractivity contribution in [1.29, 1.82) is 0 Å². The molecule has 9 heteroatoms. The minimum Gasteiger partial charge on any atom is -0.381 e. The zero-order valence-electron chi connectivity index (χ0n) is 19.2. The molecule has 0 bridgehead atoms. The van der Waals surface area contributed by atoms with Gasteiger partial charge in [-0.2, -0.15) is 5.10 Å². The summed E-state index contributed by atoms with van der Waals surface area (Å²) in [5.41, 5.74) is 4.61. The number of aryl methyl sites for hydroxylation is 1. The van der Waals surface area contributed by atoms with Gasteiger partial charge in [-0.05, 0) is 57.4 Å². The zero-order valence-corrected chi connectivity index (χ0v) is 20.8. The van der Waals surface area contributed by atoms with Crippen molar-refractivity contribution in [3.05, 3.63) is 39.0 Å². The molecule has 4 heterocycles. The molecule has 0 unspecified atom stereocenters. The maximum Gasteiger partial charge on any atom is 0.265 e. The van der Waals surface area contributed by atoms with Crippen molar-refractivity contribution >= 4 is 33.7 Å². The fraction of sp³-hybridized carbons (Fsp3) is 0.583. The second kappa shape index (κ2) is 10.6. The topological polar surface area (TPSA) is 50.6 Å². The van der Waals surface area contributed by atoms with Crippen molar-refractivity contribution in [2.45, 2.75) is 58.0 Å². The summed E-state index contributed by atoms with van der Waals surface area (Å²) in [4.78, 5) is 13.3. The molecule has 0 aliphatic carbocycles. The second-order valence-corrected chi connectivity index (χ2v) is 9.67. The average molecular weight is 525 g/mol. The van der Waals surface area contributed by atoms with Gasteiger partial charge in [-0.15, -0.1) is 0 Å². The van der Waals surface area contributed by atoms with Crippen LogP contribution in [0.15, 0.2) is 16.6 Å². The number of aromatic nitrogens is 2. The molecular formula is C24H31BrF2N4O2. The zero-order chi connectivity index (χ0) is 23.5. The number of hydrogen-bond donors (Lipinski definition) is 0. The number of anilines is 2. The number of aldehydes is 1. The summed E-state index contributed by atoms with van der Waals surface area (Å²) in [5.74, 6) is 0.950. The molecule has 1 aromatic carbocycles. The van der Waals surface area contributed by atoms with Crippen LogP contribution in [0.25, 0.3) is 0 Å². The maximum absolute atomic E-state index is 13.6. The first-order valence-corrected chi connectivity index (χ1v) is 12.4. The Morgan fingerprint density at radius 1 is 1.21 bits per heavy atom. The lowest BCUT2D eigenvalue weighted by Crippen LogP contribution is -2.30. The fourth-order valence-electron chi connectivity index (χ4n) is 5.02. The van der Waals surface area contributed by atoms with Gasteiger partial charge in [-0.3, -0.25) is 4.68 Å². The van der Waals surface area contributed by atoms with Crippen molar-refractivity contribution in [3.63, 3.8) is 0 Å². The van der Waals surface area contributed by atoms with E-state index in [4.69, 9.17) is 14.6 Å². The molecule has 0 N–H and O–H groups in total. The number of likely N-dealkylation sites (N-methyl/N-ethyl adjacent to an activating group) is 1. The van der Waals surface area contributed by atoms with Gasteiger partial charge in [0.25, 0.3) is 6.43 Å². The van der Waals surface area contributed by atoms with E-state index in [1.165, 1.54) is 18.2 Å². The lowest BCUT2D eigenvalue weighted by atomic mass is 9.98. The number of halogens is 3. The molecule has 3 aliphatic rings. The summed E-state index contributed by atoms with van der Waals surface area (Å²) >= 11 is 3.34. The number of fused-ring (bicyclic) bond motifs is 2. The first kappa shape index (κ1) is 24.3. The lowest BCUT2D eigenvalue weighted by Gasteiger charge is -2.32. The number of benzene rings is 1. The largest absolute Gasteiger partial charge is 0.381 e. The van der Waals surface area contributed by atoms with Crippen LogP contribution in [-0.2, 0) is 28.9 Å². The van der Waals surface area contributed by atoms with E-state index < -0.39 is 6.43 Å². The molecule has 1 fully saturated rings. The van der Waals surface area contributed by atoms with E-state index in [2.05, 4.69) is 37.5 Å². The van der Waals surface area contributed by atoms with E-state index in [9.17, 15) is 8.78 Å². The number of ether oxygens (including phenoxy) is 1. The molecule has 0 spiro atoms. The normalized spacial score (nSPS) is 19.0. The van der Waals surface area contributed by atoms with Crippen LogP contribution in [0, 0.1) is 0 Å². The summed E-state index contributed by atoms with van der Waals surface area (Å²) in [5, 5.41) is 5.13. The van der Waals surface area contributed by atoms with Gasteiger partial charge in [-0.1, -0.05) is 15.9 Å². The van der Waals surface area contributed by atoms with E-state index in [0.717, 1.165) is 88.3 Å². The molecule has 3 aliphatic heterocycles. The van der Waals surface area contributed by atoms with Crippen molar-refractivity contribution in [2.24, 2.45) is 0 Å². The summed E-state index contributed by atoms with van der Waals surface area (Å²) in [6.07, 6.45) is 3.05. The molecule has 1 saturated heterocycles. The van der Waals surface area contributed by atoms with E-state index >= 15 is 0 Å². The number of carbonyl (C=O) groups is 1. The van der Waals surface area contributed by atoms with E-state index in [-0.39, 0.29) is 5.56 Å². The molecule has 0 radical (unpaired) electrons. The van der Waals surface area contributed by atoms with Crippen molar-refractivity contribution in [2.75, 3.05) is 38.3 Å². The molecule has 1 aromatic heterocycles. The van der Waals surface area contributed by atoms with Crippen LogP contribution in [0.1, 0.15) is 61.0 Å². The Balaban J connectivity index is 0.000000821. The molecule has 0 atom stereocenters. The predicted octanol–water partition coefficient (Wildman–Crippen LogP) is 5.21. The molecule has 0 saturated carbocycles. The Bertz CT molecular complexity index is 991. The van der Waals surface area contributed by atoms with Crippen LogP contribution in [0.5, 0.6) is 0 Å². The lowest BCUT2D eigenvalue weighted by molar-refractivity contribution is -0.106. The Morgan fingerprint density at radius 2 is 1.94 bits per heavy atom. The third-order valence-corrected chi connectivity index (χ3v) is 7.29. The fourth-order valence-corrected chi connectivity index (χ4v) is 5.58. The minimum absolute atomic E-state index is 0.0514. The Labute approximate surface area is 202 Å². The first-order chi connectivity index (χ1) is 15.9. The number of alkyl halides is 2. The van der Waals surface area contributed by atoms with Crippen LogP contribution in [0.2, 0.25) is 0 Å². The SMILES string of the molecule is CC=O.CN1CCc2c(c(N3CCCc4cc(Br)c(C(F)F)cc43)nn2C2CCOCC2)C1. The van der Waals surface area contributed by atoms with Crippen LogP contribution < -0.4 is 4.90 Å². The Kier molecular flexibility index (Phi) is 7.81. The summed E-state index contributed by atoms with van der Waals surface area (Å²) in [6, 6.07) is 3.89. The van der Waals surface area contributed by atoms with Gasteiger partial charge in [0.2, 0.25) is 0 Å². The van der Waals surface area contributed by atoms with Crippen LogP contribution >= 0.6 is 15.9 Å². The highest BCUT2D eigenvalue weighted by Gasteiger charge is 2.32. The molecular weight excluding hydrogens is 494 g/mol. The van der Waals surface area contributed by atoms with E-state index in [1.807, 2.05) is 6.07 Å². The summed E-state index contributed by atoms with van der Waals surface area (Å²) < 4.78 is 35.5. The van der Waals surface area contributed by atoms with Gasteiger partial charge in [0.15, 0.2) is 5.82 Å². The number of hydrogen-bond acceptors (Lipinski definition) is 5. The molecule has 6 nitrogen and oxygen atoms in total. The summed E-state index contributed by atoms with van der Waals surface area (Å²) in [6.45, 7) is 5.65. The predicted molar refractivity (Wildman–Crippen MR) is 128 cm³/mol. The highest BCUT2D eigenvalue weighted by molar-refractivity contribution is 9.10. The van der Waals surface area contributed by atoms with Crippen LogP contribution in [0.3, 0.4) is 0 Å². The third-order valence-electron chi connectivity index (χ3n) is 6.60. The smallest absolute Gasteiger partial charge is 0.265 e. The number of rotatable bonds is 3. The van der Waals surface area contributed by atoms with Gasteiger partial charge < -0.3 is 19.3 Å². The standard InChI is InChI=1S/C22H27BrF2N4O.C2H4O/c1-27-8-4-19-17(13-27)22(26-29(19)15-5-9-30-10-6-15)28-7-2-3-14-11-18(23)16(21(24)25)12-20(14)28;1-2-3/h11-12,15,21H,2-10,13H2,1H3;2H,1H3. The Morgan fingerprint density at radius 3 is 2.64 bits per heavy atom. The minimum atomic E-state index is -2.51. The molecule has 33 heavy (non-hydrogen) atoms. The van der Waals surface area contributed by atoms with Gasteiger partial charge in [0, 0.05) is 66.2 Å². The van der Waals surface area contributed by atoms with Gasteiger partial charge in [0.05, 0.1) is 6.04 Å². The molecule has 5 rings (SSSR count). The quantitative estimate of drug-likeness (QED) is 0.515. The number of nitrogens with zero attached hydrogens (tertiary/aromatic N) is 4. The second-order valence-electron chi connectivity index (χ2n) is 8.82. The van der Waals surface area contributed by atoms with E-state index in [1.54, 1.807) is 6.07 Å². The first-order valence-electron chi connectivity index (χ1n) is 11.6. The van der Waals surface area contributed by atoms with Crippen molar-refractivity contribution in [1.82, 2.24) is 14.7 Å². The van der Waals surface area contributed by atoms with Gasteiger partial charge >= 0.3 is 0 Å². The third kappa shape index (κ3) is 5.00. The van der Waals surface area contributed by atoms with Gasteiger partial charge in [0.1, 0.15) is 6.29 Å².